The van der Waals surface area contributed by atoms with Gasteiger partial charge in [0.25, 0.3) is 0 Å². The molecule has 1 heterocycles. The Morgan fingerprint density at radius 2 is 1.76 bits per heavy atom. The van der Waals surface area contributed by atoms with Crippen molar-refractivity contribution in [1.29, 1.82) is 0 Å². The SMILES string of the molecule is Cc1ccc(C(C)CN2CCCCC2)cc1C. The van der Waals surface area contributed by atoms with E-state index in [1.807, 2.05) is 0 Å². The van der Waals surface area contributed by atoms with Gasteiger partial charge in [-0.2, -0.15) is 0 Å². The summed E-state index contributed by atoms with van der Waals surface area (Å²) in [5.41, 5.74) is 4.32. The molecule has 94 valence electrons. The predicted molar refractivity (Wildman–Crippen MR) is 74.6 cm³/mol. The number of nitrogens with zero attached hydrogens (tertiary/aromatic N) is 1. The zero-order valence-corrected chi connectivity index (χ0v) is 11.5. The molecule has 1 nitrogen and oxygen atoms in total. The second-order valence-corrected chi connectivity index (χ2v) is 5.61. The maximum Gasteiger partial charge on any atom is 0.00476 e. The van der Waals surface area contributed by atoms with E-state index in [2.05, 4.69) is 43.9 Å². The van der Waals surface area contributed by atoms with E-state index in [-0.39, 0.29) is 0 Å². The zero-order valence-electron chi connectivity index (χ0n) is 11.5. The molecule has 2 rings (SSSR count). The van der Waals surface area contributed by atoms with E-state index in [0.717, 1.165) is 0 Å². The minimum absolute atomic E-state index is 0.660. The lowest BCUT2D eigenvalue weighted by atomic mass is 9.96. The number of rotatable bonds is 3. The standard InChI is InChI=1S/C16H25N/c1-13-7-8-16(11-14(13)2)15(3)12-17-9-5-4-6-10-17/h7-8,11,15H,4-6,9-10,12H2,1-3H3. The molecule has 0 amide bonds. The van der Waals surface area contributed by atoms with Crippen LogP contribution in [-0.4, -0.2) is 24.5 Å². The summed E-state index contributed by atoms with van der Waals surface area (Å²) in [6, 6.07) is 6.93. The minimum Gasteiger partial charge on any atom is -0.303 e. The van der Waals surface area contributed by atoms with Gasteiger partial charge in [0, 0.05) is 6.54 Å². The Hall–Kier alpha value is -0.820. The van der Waals surface area contributed by atoms with E-state index >= 15 is 0 Å². The molecule has 0 spiro atoms. The maximum atomic E-state index is 2.63. The Kier molecular flexibility index (Phi) is 4.22. The summed E-state index contributed by atoms with van der Waals surface area (Å²) in [5, 5.41) is 0. The summed E-state index contributed by atoms with van der Waals surface area (Å²) in [7, 11) is 0. The lowest BCUT2D eigenvalue weighted by Crippen LogP contribution is -2.32. The Bertz CT molecular complexity index is 364. The number of hydrogen-bond donors (Lipinski definition) is 0. The predicted octanol–water partition coefficient (Wildman–Crippen LogP) is 3.89. The fourth-order valence-corrected chi connectivity index (χ4v) is 2.71. The summed E-state index contributed by atoms with van der Waals surface area (Å²) in [4.78, 5) is 2.63. The van der Waals surface area contributed by atoms with Crippen molar-refractivity contribution in [2.45, 2.75) is 46.0 Å². The van der Waals surface area contributed by atoms with Crippen molar-refractivity contribution < 1.29 is 0 Å². The van der Waals surface area contributed by atoms with Gasteiger partial charge in [-0.3, -0.25) is 0 Å². The first kappa shape index (κ1) is 12.6. The van der Waals surface area contributed by atoms with Gasteiger partial charge >= 0.3 is 0 Å². The topological polar surface area (TPSA) is 3.24 Å². The highest BCUT2D eigenvalue weighted by molar-refractivity contribution is 5.31. The number of aryl methyl sites for hydroxylation is 2. The molecule has 1 fully saturated rings. The summed E-state index contributed by atoms with van der Waals surface area (Å²) in [6.45, 7) is 10.6. The average Bonchev–Trinajstić information content (AvgIpc) is 2.34. The molecular weight excluding hydrogens is 206 g/mol. The fraction of sp³-hybridized carbons (Fsp3) is 0.625. The van der Waals surface area contributed by atoms with Crippen LogP contribution >= 0.6 is 0 Å². The van der Waals surface area contributed by atoms with Crippen LogP contribution in [0.2, 0.25) is 0 Å². The lowest BCUT2D eigenvalue weighted by Gasteiger charge is -2.29. The van der Waals surface area contributed by atoms with Gasteiger partial charge in [0.2, 0.25) is 0 Å². The molecule has 1 heteroatoms. The van der Waals surface area contributed by atoms with Crippen LogP contribution in [-0.2, 0) is 0 Å². The third-order valence-electron chi connectivity index (χ3n) is 4.08. The fourth-order valence-electron chi connectivity index (χ4n) is 2.71. The van der Waals surface area contributed by atoms with Crippen molar-refractivity contribution in [1.82, 2.24) is 4.90 Å². The molecule has 0 aliphatic carbocycles. The van der Waals surface area contributed by atoms with E-state index in [4.69, 9.17) is 0 Å². The van der Waals surface area contributed by atoms with Crippen LogP contribution < -0.4 is 0 Å². The highest BCUT2D eigenvalue weighted by Gasteiger charge is 2.14. The number of benzene rings is 1. The first-order valence-corrected chi connectivity index (χ1v) is 6.96. The summed E-state index contributed by atoms with van der Waals surface area (Å²) in [6.07, 6.45) is 4.20. The second-order valence-electron chi connectivity index (χ2n) is 5.61. The van der Waals surface area contributed by atoms with Crippen LogP contribution in [0.4, 0.5) is 0 Å². The number of hydrogen-bond acceptors (Lipinski definition) is 1. The highest BCUT2D eigenvalue weighted by atomic mass is 15.1. The van der Waals surface area contributed by atoms with Gasteiger partial charge in [-0.05, 0) is 62.4 Å². The van der Waals surface area contributed by atoms with Crippen molar-refractivity contribution in [3.63, 3.8) is 0 Å². The molecule has 0 bridgehead atoms. The van der Waals surface area contributed by atoms with E-state index in [9.17, 15) is 0 Å². The molecule has 0 saturated carbocycles. The Balaban J connectivity index is 1.98. The van der Waals surface area contributed by atoms with Crippen molar-refractivity contribution in [2.75, 3.05) is 19.6 Å². The first-order chi connectivity index (χ1) is 8.16. The lowest BCUT2D eigenvalue weighted by molar-refractivity contribution is 0.219. The van der Waals surface area contributed by atoms with Gasteiger partial charge in [0.15, 0.2) is 0 Å². The quantitative estimate of drug-likeness (QED) is 0.763. The summed E-state index contributed by atoms with van der Waals surface area (Å²) < 4.78 is 0. The molecule has 1 aromatic carbocycles. The Labute approximate surface area is 106 Å². The van der Waals surface area contributed by atoms with Crippen LogP contribution in [0.1, 0.15) is 48.8 Å². The highest BCUT2D eigenvalue weighted by Crippen LogP contribution is 2.21. The van der Waals surface area contributed by atoms with Crippen LogP contribution in [0.15, 0.2) is 18.2 Å². The molecule has 0 N–H and O–H groups in total. The van der Waals surface area contributed by atoms with Gasteiger partial charge in [-0.25, -0.2) is 0 Å². The van der Waals surface area contributed by atoms with Crippen molar-refractivity contribution in [2.24, 2.45) is 0 Å². The minimum atomic E-state index is 0.660. The zero-order chi connectivity index (χ0) is 12.3. The van der Waals surface area contributed by atoms with E-state index in [0.29, 0.717) is 5.92 Å². The van der Waals surface area contributed by atoms with Crippen LogP contribution in [0.5, 0.6) is 0 Å². The largest absolute Gasteiger partial charge is 0.303 e. The van der Waals surface area contributed by atoms with Gasteiger partial charge in [-0.15, -0.1) is 0 Å². The van der Waals surface area contributed by atoms with Crippen molar-refractivity contribution >= 4 is 0 Å². The molecule has 1 aliphatic rings. The van der Waals surface area contributed by atoms with Gasteiger partial charge in [-0.1, -0.05) is 31.5 Å². The van der Waals surface area contributed by atoms with E-state index in [1.54, 1.807) is 0 Å². The Morgan fingerprint density at radius 1 is 1.06 bits per heavy atom. The van der Waals surface area contributed by atoms with Crippen LogP contribution in [0.25, 0.3) is 0 Å². The second kappa shape index (κ2) is 5.68. The monoisotopic (exact) mass is 231 g/mol. The normalized spacial score (nSPS) is 19.2. The molecule has 0 aromatic heterocycles. The van der Waals surface area contributed by atoms with E-state index < -0.39 is 0 Å². The number of piperidine rings is 1. The molecule has 1 unspecified atom stereocenters. The summed E-state index contributed by atoms with van der Waals surface area (Å²) in [5.74, 6) is 0.660. The molecule has 1 aliphatic heterocycles. The van der Waals surface area contributed by atoms with Gasteiger partial charge in [0.05, 0.1) is 0 Å². The molecule has 1 atom stereocenters. The van der Waals surface area contributed by atoms with Crippen molar-refractivity contribution in [3.8, 4) is 0 Å². The molecule has 17 heavy (non-hydrogen) atoms. The number of likely N-dealkylation sites (tertiary alicyclic amines) is 1. The third-order valence-corrected chi connectivity index (χ3v) is 4.08. The maximum absolute atomic E-state index is 2.63. The smallest absolute Gasteiger partial charge is 0.00476 e. The van der Waals surface area contributed by atoms with Gasteiger partial charge in [0.1, 0.15) is 0 Å². The molecule has 1 saturated heterocycles. The van der Waals surface area contributed by atoms with E-state index in [1.165, 1.54) is 55.6 Å². The van der Waals surface area contributed by atoms with Gasteiger partial charge < -0.3 is 4.90 Å². The van der Waals surface area contributed by atoms with Crippen LogP contribution in [0.3, 0.4) is 0 Å². The Morgan fingerprint density at radius 3 is 2.41 bits per heavy atom. The third kappa shape index (κ3) is 3.32. The van der Waals surface area contributed by atoms with Crippen molar-refractivity contribution in [3.05, 3.63) is 34.9 Å². The molecular formula is C16H25N. The molecule has 1 aromatic rings. The molecule has 0 radical (unpaired) electrons. The first-order valence-electron chi connectivity index (χ1n) is 6.96. The van der Waals surface area contributed by atoms with Crippen LogP contribution in [0, 0.1) is 13.8 Å². The summed E-state index contributed by atoms with van der Waals surface area (Å²) >= 11 is 0. The average molecular weight is 231 g/mol.